The minimum absolute atomic E-state index is 0.0569. The Morgan fingerprint density at radius 3 is 2.56 bits per heavy atom. The highest BCUT2D eigenvalue weighted by atomic mass is 35.5. The van der Waals surface area contributed by atoms with Crippen molar-refractivity contribution >= 4 is 51.7 Å². The molecule has 3 rings (SSSR count). The lowest BCUT2D eigenvalue weighted by molar-refractivity contribution is -0.118. The van der Waals surface area contributed by atoms with Gasteiger partial charge in [0.25, 0.3) is 0 Å². The third-order valence-corrected chi connectivity index (χ3v) is 5.94. The van der Waals surface area contributed by atoms with E-state index in [4.69, 9.17) is 23.2 Å². The molecule has 0 aromatic heterocycles. The Bertz CT molecular complexity index is 819. The van der Waals surface area contributed by atoms with Gasteiger partial charge in [-0.05, 0) is 41.7 Å². The Kier molecular flexibility index (Phi) is 5.72. The predicted molar refractivity (Wildman–Crippen MR) is 107 cm³/mol. The molecule has 0 saturated carbocycles. The molecule has 1 amide bonds. The first-order valence-corrected chi connectivity index (χ1v) is 9.66. The molecule has 1 fully saturated rings. The van der Waals surface area contributed by atoms with Gasteiger partial charge >= 0.3 is 0 Å². The molecule has 1 heterocycles. The molecule has 1 N–H and O–H groups in total. The number of rotatable bonds is 4. The number of thioether (sulfide) groups is 1. The zero-order chi connectivity index (χ0) is 18.0. The zero-order valence-corrected chi connectivity index (χ0v) is 16.3. The van der Waals surface area contributed by atoms with Crippen LogP contribution in [0.1, 0.15) is 30.9 Å². The predicted octanol–water partition coefficient (Wildman–Crippen LogP) is 5.58. The molecule has 130 valence electrons. The zero-order valence-electron chi connectivity index (χ0n) is 13.9. The number of amidine groups is 1. The molecule has 2 aromatic rings. The Morgan fingerprint density at radius 2 is 1.88 bits per heavy atom. The summed E-state index contributed by atoms with van der Waals surface area (Å²) in [5.74, 6) is 0.424. The van der Waals surface area contributed by atoms with Crippen molar-refractivity contribution in [3.05, 3.63) is 63.6 Å². The van der Waals surface area contributed by atoms with Gasteiger partial charge in [0.05, 0.1) is 21.0 Å². The number of nitrogens with one attached hydrogen (secondary N) is 1. The van der Waals surface area contributed by atoms with Crippen molar-refractivity contribution in [1.29, 1.82) is 0 Å². The molecule has 25 heavy (non-hydrogen) atoms. The summed E-state index contributed by atoms with van der Waals surface area (Å²) in [5.41, 5.74) is 2.96. The molecule has 0 bridgehead atoms. The van der Waals surface area contributed by atoms with Gasteiger partial charge in [0.15, 0.2) is 5.17 Å². The maximum Gasteiger partial charge on any atom is 0.239 e. The van der Waals surface area contributed by atoms with Gasteiger partial charge in [-0.1, -0.05) is 73.1 Å². The average Bonchev–Trinajstić information content (AvgIpc) is 2.91. The van der Waals surface area contributed by atoms with Gasteiger partial charge in [-0.3, -0.25) is 4.79 Å². The molecule has 2 aromatic carbocycles. The number of hydrogen-bond acceptors (Lipinski definition) is 3. The largest absolute Gasteiger partial charge is 0.304 e. The van der Waals surface area contributed by atoms with Crippen molar-refractivity contribution in [2.75, 3.05) is 0 Å². The highest BCUT2D eigenvalue weighted by molar-refractivity contribution is 8.15. The Morgan fingerprint density at radius 1 is 1.16 bits per heavy atom. The minimum atomic E-state index is -0.260. The lowest BCUT2D eigenvalue weighted by atomic mass is 10.0. The summed E-state index contributed by atoms with van der Waals surface area (Å²) in [6.07, 6.45) is 0.515. The van der Waals surface area contributed by atoms with Crippen molar-refractivity contribution in [2.24, 2.45) is 4.99 Å². The molecule has 6 heteroatoms. The first kappa shape index (κ1) is 18.3. The monoisotopic (exact) mass is 392 g/mol. The molecule has 1 aliphatic heterocycles. The number of nitrogens with zero attached hydrogens (tertiary/aromatic N) is 1. The van der Waals surface area contributed by atoms with Crippen LogP contribution in [0.2, 0.25) is 10.0 Å². The number of benzene rings is 2. The van der Waals surface area contributed by atoms with Crippen LogP contribution >= 0.6 is 35.0 Å². The SMILES string of the molecule is CC(C)c1ccc(N=C2NC(=O)[C@@H](Cc3cccc(Cl)c3Cl)S2)cc1. The smallest absolute Gasteiger partial charge is 0.239 e. The van der Waals surface area contributed by atoms with Crippen molar-refractivity contribution in [1.82, 2.24) is 5.32 Å². The van der Waals surface area contributed by atoms with E-state index in [1.165, 1.54) is 17.3 Å². The minimum Gasteiger partial charge on any atom is -0.304 e. The van der Waals surface area contributed by atoms with Crippen LogP contribution in [0.3, 0.4) is 0 Å². The van der Waals surface area contributed by atoms with Gasteiger partial charge < -0.3 is 5.32 Å². The Balaban J connectivity index is 1.72. The maximum absolute atomic E-state index is 12.2. The summed E-state index contributed by atoms with van der Waals surface area (Å²) < 4.78 is 0. The second kappa shape index (κ2) is 7.81. The molecule has 1 atom stereocenters. The summed E-state index contributed by atoms with van der Waals surface area (Å²) in [5, 5.41) is 4.21. The average molecular weight is 393 g/mol. The van der Waals surface area contributed by atoms with Gasteiger partial charge in [-0.2, -0.15) is 0 Å². The number of halogens is 2. The lowest BCUT2D eigenvalue weighted by Crippen LogP contribution is -2.26. The van der Waals surface area contributed by atoms with E-state index in [2.05, 4.69) is 36.3 Å². The summed E-state index contributed by atoms with van der Waals surface area (Å²) in [6, 6.07) is 13.5. The normalized spacial score (nSPS) is 18.8. The van der Waals surface area contributed by atoms with Gasteiger partial charge in [0.1, 0.15) is 0 Å². The molecular weight excluding hydrogens is 375 g/mol. The molecule has 0 aliphatic carbocycles. The van der Waals surface area contributed by atoms with E-state index in [0.29, 0.717) is 27.6 Å². The second-order valence-corrected chi connectivity index (χ2v) is 8.15. The second-order valence-electron chi connectivity index (χ2n) is 6.18. The molecule has 3 nitrogen and oxygen atoms in total. The highest BCUT2D eigenvalue weighted by Gasteiger charge is 2.31. The van der Waals surface area contributed by atoms with Crippen LogP contribution in [0.15, 0.2) is 47.5 Å². The van der Waals surface area contributed by atoms with E-state index in [0.717, 1.165) is 11.3 Å². The fourth-order valence-corrected chi connectivity index (χ4v) is 3.96. The molecule has 0 radical (unpaired) electrons. The van der Waals surface area contributed by atoms with Crippen LogP contribution in [-0.2, 0) is 11.2 Å². The third-order valence-electron chi connectivity index (χ3n) is 4.00. The quantitative estimate of drug-likeness (QED) is 0.737. The van der Waals surface area contributed by atoms with E-state index in [1.54, 1.807) is 6.07 Å². The van der Waals surface area contributed by atoms with E-state index in [-0.39, 0.29) is 11.2 Å². The number of hydrogen-bond donors (Lipinski definition) is 1. The number of amides is 1. The van der Waals surface area contributed by atoms with Crippen LogP contribution in [0.4, 0.5) is 5.69 Å². The van der Waals surface area contributed by atoms with Crippen LogP contribution in [0.25, 0.3) is 0 Å². The van der Waals surface area contributed by atoms with Crippen molar-refractivity contribution < 1.29 is 4.79 Å². The summed E-state index contributed by atoms with van der Waals surface area (Å²) >= 11 is 13.7. The van der Waals surface area contributed by atoms with E-state index in [9.17, 15) is 4.79 Å². The van der Waals surface area contributed by atoms with Gasteiger partial charge in [-0.15, -0.1) is 0 Å². The maximum atomic E-state index is 12.2. The molecule has 1 saturated heterocycles. The van der Waals surface area contributed by atoms with Gasteiger partial charge in [0, 0.05) is 0 Å². The summed E-state index contributed by atoms with van der Waals surface area (Å²) in [4.78, 5) is 16.8. The number of carbonyl (C=O) groups excluding carboxylic acids is 1. The Labute approximate surface area is 161 Å². The van der Waals surface area contributed by atoms with E-state index in [1.807, 2.05) is 24.3 Å². The third kappa shape index (κ3) is 4.38. The van der Waals surface area contributed by atoms with Crippen molar-refractivity contribution in [3.8, 4) is 0 Å². The van der Waals surface area contributed by atoms with Crippen molar-refractivity contribution in [3.63, 3.8) is 0 Å². The molecule has 0 unspecified atom stereocenters. The molecular formula is C19H18Cl2N2OS. The van der Waals surface area contributed by atoms with Crippen LogP contribution in [0.5, 0.6) is 0 Å². The van der Waals surface area contributed by atoms with E-state index < -0.39 is 0 Å². The number of carbonyl (C=O) groups is 1. The standard InChI is InChI=1S/C19H18Cl2N2OS/c1-11(2)12-6-8-14(9-7-12)22-19-23-18(24)16(25-19)10-13-4-3-5-15(20)17(13)21/h3-9,11,16H,10H2,1-2H3,(H,22,23,24)/t16-/m1/s1. The topological polar surface area (TPSA) is 41.5 Å². The van der Waals surface area contributed by atoms with Gasteiger partial charge in [0.2, 0.25) is 5.91 Å². The Hall–Kier alpha value is -1.49. The molecule has 1 aliphatic rings. The molecule has 0 spiro atoms. The fraction of sp³-hybridized carbons (Fsp3) is 0.263. The van der Waals surface area contributed by atoms with Gasteiger partial charge in [-0.25, -0.2) is 4.99 Å². The van der Waals surface area contributed by atoms with Crippen LogP contribution < -0.4 is 5.32 Å². The first-order valence-electron chi connectivity index (χ1n) is 8.03. The lowest BCUT2D eigenvalue weighted by Gasteiger charge is -2.08. The van der Waals surface area contributed by atoms with E-state index >= 15 is 0 Å². The van der Waals surface area contributed by atoms with Crippen LogP contribution in [-0.4, -0.2) is 16.3 Å². The first-order chi connectivity index (χ1) is 11.9. The summed E-state index contributed by atoms with van der Waals surface area (Å²) in [6.45, 7) is 4.30. The fourth-order valence-electron chi connectivity index (χ4n) is 2.55. The highest BCUT2D eigenvalue weighted by Crippen LogP contribution is 2.31. The van der Waals surface area contributed by atoms with Crippen molar-refractivity contribution in [2.45, 2.75) is 31.4 Å². The summed E-state index contributed by atoms with van der Waals surface area (Å²) in [7, 11) is 0. The number of aliphatic imine (C=N–C) groups is 1. The van der Waals surface area contributed by atoms with Crippen LogP contribution in [0, 0.1) is 0 Å².